The van der Waals surface area contributed by atoms with E-state index in [4.69, 9.17) is 18.6 Å². The Morgan fingerprint density at radius 3 is 2.30 bits per heavy atom. The lowest BCUT2D eigenvalue weighted by Gasteiger charge is -2.10. The second kappa shape index (κ2) is 12.4. The summed E-state index contributed by atoms with van der Waals surface area (Å²) in [4.78, 5) is 25.2. The van der Waals surface area contributed by atoms with E-state index in [1.807, 2.05) is 20.8 Å². The molecule has 0 spiro atoms. The fraction of sp³-hybridized carbons (Fsp3) is 0.385. The fourth-order valence-electron chi connectivity index (χ4n) is 3.18. The van der Waals surface area contributed by atoms with Crippen LogP contribution >= 0.6 is 15.9 Å². The van der Waals surface area contributed by atoms with Crippen molar-refractivity contribution < 1.29 is 28.2 Å². The van der Waals surface area contributed by atoms with Gasteiger partial charge in [0.1, 0.15) is 28.4 Å². The Bertz CT molecular complexity index is 1100. The molecule has 0 aliphatic carbocycles. The molecule has 33 heavy (non-hydrogen) atoms. The van der Waals surface area contributed by atoms with Gasteiger partial charge in [-0.1, -0.05) is 27.2 Å². The van der Waals surface area contributed by atoms with Crippen LogP contribution < -0.4 is 9.47 Å². The Labute approximate surface area is 203 Å². The van der Waals surface area contributed by atoms with Crippen LogP contribution in [0.15, 0.2) is 39.2 Å². The third-order valence-corrected chi connectivity index (χ3v) is 5.55. The summed E-state index contributed by atoms with van der Waals surface area (Å²) in [7, 11) is 0. The molecule has 0 saturated heterocycles. The third-order valence-electron chi connectivity index (χ3n) is 4.76. The van der Waals surface area contributed by atoms with Gasteiger partial charge in [-0.3, -0.25) is 0 Å². The van der Waals surface area contributed by atoms with E-state index in [9.17, 15) is 9.59 Å². The van der Waals surface area contributed by atoms with E-state index in [1.54, 1.807) is 44.2 Å². The highest BCUT2D eigenvalue weighted by atomic mass is 79.9. The molecule has 3 aromatic rings. The van der Waals surface area contributed by atoms with Crippen molar-refractivity contribution >= 4 is 38.8 Å². The van der Waals surface area contributed by atoms with E-state index in [0.717, 1.165) is 18.4 Å². The highest BCUT2D eigenvalue weighted by molar-refractivity contribution is 9.10. The number of unbranched alkanes of at least 4 members (excludes halogenated alkanes) is 1. The molecule has 0 atom stereocenters. The molecule has 2 aromatic carbocycles. The molecule has 0 fully saturated rings. The van der Waals surface area contributed by atoms with E-state index in [1.165, 1.54) is 0 Å². The van der Waals surface area contributed by atoms with Crippen molar-refractivity contribution in [3.8, 4) is 11.5 Å². The highest BCUT2D eigenvalue weighted by Gasteiger charge is 2.25. The summed E-state index contributed by atoms with van der Waals surface area (Å²) in [5.74, 6) is 0.443. The molecule has 0 N–H and O–H groups in total. The lowest BCUT2D eigenvalue weighted by Crippen LogP contribution is -2.10. The van der Waals surface area contributed by atoms with Crippen molar-refractivity contribution in [2.75, 3.05) is 13.2 Å². The summed E-state index contributed by atoms with van der Waals surface area (Å²) in [5.41, 5.74) is 1.99. The lowest BCUT2D eigenvalue weighted by atomic mass is 10.1. The van der Waals surface area contributed by atoms with E-state index < -0.39 is 11.9 Å². The molecule has 0 saturated carbocycles. The van der Waals surface area contributed by atoms with E-state index >= 15 is 0 Å². The average Bonchev–Trinajstić information content (AvgIpc) is 3.17. The van der Waals surface area contributed by atoms with Gasteiger partial charge in [0.25, 0.3) is 0 Å². The van der Waals surface area contributed by atoms with Gasteiger partial charge in [0.15, 0.2) is 0 Å². The first kappa shape index (κ1) is 26.5. The minimum atomic E-state index is -0.516. The Balaban J connectivity index is 0.00000187. The second-order valence-electron chi connectivity index (χ2n) is 7.08. The molecule has 7 heteroatoms. The van der Waals surface area contributed by atoms with Crippen molar-refractivity contribution in [3.63, 3.8) is 0 Å². The predicted octanol–water partition coefficient (Wildman–Crippen LogP) is 7.41. The number of fused-ring (bicyclic) bond motifs is 1. The molecule has 0 radical (unpaired) electrons. The Hall–Kier alpha value is -2.80. The van der Waals surface area contributed by atoms with Gasteiger partial charge < -0.3 is 18.6 Å². The van der Waals surface area contributed by atoms with E-state index in [2.05, 4.69) is 22.9 Å². The molecule has 3 rings (SSSR count). The van der Waals surface area contributed by atoms with Crippen molar-refractivity contribution in [3.05, 3.63) is 57.3 Å². The number of ether oxygens (including phenoxy) is 3. The van der Waals surface area contributed by atoms with Crippen LogP contribution in [0.2, 0.25) is 0 Å². The predicted molar refractivity (Wildman–Crippen MR) is 132 cm³/mol. The largest absolute Gasteiger partial charge is 0.494 e. The molecule has 6 nitrogen and oxygen atoms in total. The van der Waals surface area contributed by atoms with Gasteiger partial charge >= 0.3 is 11.9 Å². The summed E-state index contributed by atoms with van der Waals surface area (Å²) in [5, 5.41) is 0.526. The maximum absolute atomic E-state index is 12.7. The van der Waals surface area contributed by atoms with Crippen LogP contribution in [0.1, 0.15) is 72.6 Å². The van der Waals surface area contributed by atoms with Crippen molar-refractivity contribution in [2.24, 2.45) is 0 Å². The first-order valence-electron chi connectivity index (χ1n) is 11.2. The maximum atomic E-state index is 12.7. The van der Waals surface area contributed by atoms with Crippen LogP contribution in [0.3, 0.4) is 0 Å². The topological polar surface area (TPSA) is 75.0 Å². The van der Waals surface area contributed by atoms with Gasteiger partial charge in [0.2, 0.25) is 0 Å². The molecule has 1 heterocycles. The van der Waals surface area contributed by atoms with Crippen LogP contribution in [-0.4, -0.2) is 25.2 Å². The summed E-state index contributed by atoms with van der Waals surface area (Å²) >= 11 is 3.48. The van der Waals surface area contributed by atoms with Gasteiger partial charge in [-0.25, -0.2) is 9.59 Å². The van der Waals surface area contributed by atoms with E-state index in [-0.39, 0.29) is 6.61 Å². The van der Waals surface area contributed by atoms with Gasteiger partial charge in [0.05, 0.1) is 28.6 Å². The molecule has 178 valence electrons. The molecule has 0 amide bonds. The third kappa shape index (κ3) is 6.16. The molecular weight excluding hydrogens is 488 g/mol. The number of aryl methyl sites for hydroxylation is 2. The van der Waals surface area contributed by atoms with Crippen molar-refractivity contribution in [2.45, 2.75) is 54.4 Å². The number of carbonyl (C=O) groups is 2. The summed E-state index contributed by atoms with van der Waals surface area (Å²) < 4.78 is 22.7. The lowest BCUT2D eigenvalue weighted by molar-refractivity contribution is 0.0526. The quantitative estimate of drug-likeness (QED) is 0.175. The number of benzene rings is 2. The number of furan rings is 1. The Morgan fingerprint density at radius 2 is 1.70 bits per heavy atom. The van der Waals surface area contributed by atoms with E-state index in [0.29, 0.717) is 50.4 Å². The second-order valence-corrected chi connectivity index (χ2v) is 7.87. The Kier molecular flexibility index (Phi) is 9.97. The summed E-state index contributed by atoms with van der Waals surface area (Å²) in [6.45, 7) is 12.2. The van der Waals surface area contributed by atoms with Gasteiger partial charge in [0, 0.05) is 0 Å². The molecule has 1 aromatic heterocycles. The normalized spacial score (nSPS) is 10.4. The number of hydrogen-bond acceptors (Lipinski definition) is 6. The fourth-order valence-corrected chi connectivity index (χ4v) is 3.76. The van der Waals surface area contributed by atoms with Gasteiger partial charge in [-0.05, 0) is 79.0 Å². The Morgan fingerprint density at radius 1 is 1.03 bits per heavy atom. The van der Waals surface area contributed by atoms with Crippen molar-refractivity contribution in [1.29, 1.82) is 0 Å². The standard InChI is InChI=1S/C24H25BrO6.C2H6/c1-5-7-12-29-17-10-8-16(9-11-17)23(26)31-18-13-14(3)22-20(21(18)25)19(15(4)30-22)24(27)28-6-2;1-2/h8-11,13H,5-7,12H2,1-4H3;1-2H3. The zero-order chi connectivity index (χ0) is 24.5. The number of rotatable bonds is 8. The number of carbonyl (C=O) groups excluding carboxylic acids is 2. The smallest absolute Gasteiger partial charge is 0.343 e. The number of hydrogen-bond donors (Lipinski definition) is 0. The van der Waals surface area contributed by atoms with Crippen LogP contribution in [0, 0.1) is 13.8 Å². The zero-order valence-corrected chi connectivity index (χ0v) is 21.6. The van der Waals surface area contributed by atoms with Gasteiger partial charge in [-0.15, -0.1) is 0 Å². The van der Waals surface area contributed by atoms with Gasteiger partial charge in [-0.2, -0.15) is 0 Å². The summed E-state index contributed by atoms with van der Waals surface area (Å²) in [6, 6.07) is 8.51. The average molecular weight is 519 g/mol. The number of halogens is 1. The summed E-state index contributed by atoms with van der Waals surface area (Å²) in [6.07, 6.45) is 2.03. The van der Waals surface area contributed by atoms with Crippen LogP contribution in [-0.2, 0) is 4.74 Å². The zero-order valence-electron chi connectivity index (χ0n) is 20.0. The minimum Gasteiger partial charge on any atom is -0.494 e. The molecule has 0 aliphatic heterocycles. The molecular formula is C26H31BrO6. The minimum absolute atomic E-state index is 0.244. The molecule has 0 unspecified atom stereocenters. The maximum Gasteiger partial charge on any atom is 0.343 e. The van der Waals surface area contributed by atoms with Crippen LogP contribution in [0.25, 0.3) is 11.0 Å². The highest BCUT2D eigenvalue weighted by Crippen LogP contribution is 2.40. The van der Waals surface area contributed by atoms with Crippen molar-refractivity contribution in [1.82, 2.24) is 0 Å². The van der Waals surface area contributed by atoms with Crippen LogP contribution in [0.4, 0.5) is 0 Å². The molecule has 0 aliphatic rings. The van der Waals surface area contributed by atoms with Crippen LogP contribution in [0.5, 0.6) is 11.5 Å². The first-order chi connectivity index (χ1) is 15.9. The first-order valence-corrected chi connectivity index (χ1v) is 12.0. The molecule has 0 bridgehead atoms. The number of esters is 2. The SMILES string of the molecule is CC.CCCCOc1ccc(C(=O)Oc2cc(C)c3oc(C)c(C(=O)OCC)c3c2Br)cc1. The monoisotopic (exact) mass is 518 g/mol.